The van der Waals surface area contributed by atoms with E-state index in [1.165, 1.54) is 12.4 Å². The van der Waals surface area contributed by atoms with E-state index in [4.69, 9.17) is 5.11 Å². The second-order valence-electron chi connectivity index (χ2n) is 2.24. The van der Waals surface area contributed by atoms with Crippen LogP contribution < -0.4 is 0 Å². The number of carboxylic acid groups (broad SMARTS) is 1. The van der Waals surface area contributed by atoms with Gasteiger partial charge in [0.15, 0.2) is 0 Å². The number of aryl methyl sites for hydroxylation is 1. The fourth-order valence-electron chi connectivity index (χ4n) is 0.726. The molecular weight excluding hydrogens is 156 g/mol. The first kappa shape index (κ1) is 8.39. The second kappa shape index (κ2) is 3.61. The van der Waals surface area contributed by atoms with Gasteiger partial charge in [0, 0.05) is 23.5 Å². The van der Waals surface area contributed by atoms with Crippen molar-refractivity contribution in [2.24, 2.45) is 0 Å². The average molecular weight is 164 g/mol. The van der Waals surface area contributed by atoms with Crippen LogP contribution in [-0.2, 0) is 4.79 Å². The molecule has 0 radical (unpaired) electrons. The zero-order valence-electron chi connectivity index (χ0n) is 6.56. The van der Waals surface area contributed by atoms with Crippen LogP contribution in [0.2, 0.25) is 0 Å². The minimum atomic E-state index is -0.974. The fourth-order valence-corrected chi connectivity index (χ4v) is 0.726. The molecule has 1 aromatic heterocycles. The van der Waals surface area contributed by atoms with E-state index in [1.807, 2.05) is 0 Å². The van der Waals surface area contributed by atoms with Crippen molar-refractivity contribution in [3.63, 3.8) is 0 Å². The molecule has 1 rings (SSSR count). The lowest BCUT2D eigenvalue weighted by molar-refractivity contribution is -0.131. The lowest BCUT2D eigenvalue weighted by atomic mass is 10.2. The van der Waals surface area contributed by atoms with Crippen LogP contribution in [0, 0.1) is 6.92 Å². The highest BCUT2D eigenvalue weighted by molar-refractivity contribution is 5.85. The molecule has 1 N–H and O–H groups in total. The summed E-state index contributed by atoms with van der Waals surface area (Å²) in [6, 6.07) is 0. The number of aliphatic carboxylic acids is 1. The van der Waals surface area contributed by atoms with Crippen LogP contribution in [0.5, 0.6) is 0 Å². The molecule has 12 heavy (non-hydrogen) atoms. The molecule has 0 spiro atoms. The van der Waals surface area contributed by atoms with Crippen LogP contribution in [0.4, 0.5) is 0 Å². The molecule has 0 bridgehead atoms. The number of hydrogen-bond acceptors (Lipinski definition) is 3. The normalized spacial score (nSPS) is 10.4. The molecule has 0 unspecified atom stereocenters. The van der Waals surface area contributed by atoms with Gasteiger partial charge in [0.1, 0.15) is 6.33 Å². The van der Waals surface area contributed by atoms with Crippen LogP contribution in [0.1, 0.15) is 11.3 Å². The maximum atomic E-state index is 10.2. The lowest BCUT2D eigenvalue weighted by Crippen LogP contribution is -1.90. The minimum Gasteiger partial charge on any atom is -0.478 e. The van der Waals surface area contributed by atoms with E-state index in [1.54, 1.807) is 13.1 Å². The second-order valence-corrected chi connectivity index (χ2v) is 2.24. The van der Waals surface area contributed by atoms with Gasteiger partial charge in [-0.1, -0.05) is 0 Å². The molecule has 0 aliphatic heterocycles. The molecule has 1 aromatic rings. The Labute approximate surface area is 69.6 Å². The SMILES string of the molecule is Cc1ncncc1/C=C/C(=O)O. The maximum Gasteiger partial charge on any atom is 0.328 e. The van der Waals surface area contributed by atoms with Gasteiger partial charge in [-0.15, -0.1) is 0 Å². The molecule has 0 saturated carbocycles. The molecule has 0 fully saturated rings. The Hall–Kier alpha value is -1.71. The molecule has 0 amide bonds. The van der Waals surface area contributed by atoms with Gasteiger partial charge in [-0.25, -0.2) is 14.8 Å². The van der Waals surface area contributed by atoms with Crippen LogP contribution in [0.25, 0.3) is 6.08 Å². The van der Waals surface area contributed by atoms with Crippen LogP contribution in [0.15, 0.2) is 18.6 Å². The summed E-state index contributed by atoms with van der Waals surface area (Å²) >= 11 is 0. The van der Waals surface area contributed by atoms with Gasteiger partial charge in [-0.3, -0.25) is 0 Å². The van der Waals surface area contributed by atoms with Crippen molar-refractivity contribution in [2.75, 3.05) is 0 Å². The van der Waals surface area contributed by atoms with Crippen molar-refractivity contribution in [2.45, 2.75) is 6.92 Å². The summed E-state index contributed by atoms with van der Waals surface area (Å²) in [5.74, 6) is -0.974. The molecule has 0 aliphatic carbocycles. The first-order valence-corrected chi connectivity index (χ1v) is 3.38. The number of carboxylic acids is 1. The molecule has 4 heteroatoms. The maximum absolute atomic E-state index is 10.2. The number of nitrogens with zero attached hydrogens (tertiary/aromatic N) is 2. The molecule has 62 valence electrons. The van der Waals surface area contributed by atoms with Gasteiger partial charge in [-0.2, -0.15) is 0 Å². The summed E-state index contributed by atoms with van der Waals surface area (Å²) in [4.78, 5) is 17.8. The molecule has 0 saturated heterocycles. The molecule has 0 aliphatic rings. The Kier molecular flexibility index (Phi) is 2.53. The topological polar surface area (TPSA) is 63.1 Å². The number of rotatable bonds is 2. The first-order chi connectivity index (χ1) is 5.70. The van der Waals surface area contributed by atoms with E-state index in [-0.39, 0.29) is 0 Å². The molecule has 0 atom stereocenters. The fraction of sp³-hybridized carbons (Fsp3) is 0.125. The van der Waals surface area contributed by atoms with Crippen molar-refractivity contribution in [1.29, 1.82) is 0 Å². The number of aromatic nitrogens is 2. The zero-order chi connectivity index (χ0) is 8.97. The van der Waals surface area contributed by atoms with E-state index in [0.717, 1.165) is 17.3 Å². The Morgan fingerprint density at radius 3 is 3.00 bits per heavy atom. The van der Waals surface area contributed by atoms with Crippen molar-refractivity contribution in [1.82, 2.24) is 9.97 Å². The Morgan fingerprint density at radius 1 is 1.67 bits per heavy atom. The summed E-state index contributed by atoms with van der Waals surface area (Å²) in [6.07, 6.45) is 5.53. The third-order valence-electron chi connectivity index (χ3n) is 1.35. The predicted molar refractivity (Wildman–Crippen MR) is 43.4 cm³/mol. The van der Waals surface area contributed by atoms with Crippen LogP contribution >= 0.6 is 0 Å². The standard InChI is InChI=1S/C8H8N2O2/c1-6-7(2-3-8(11)12)4-9-5-10-6/h2-5H,1H3,(H,11,12)/b3-2+. The first-order valence-electron chi connectivity index (χ1n) is 3.38. The van der Waals surface area contributed by atoms with Gasteiger partial charge < -0.3 is 5.11 Å². The monoisotopic (exact) mass is 164 g/mol. The largest absolute Gasteiger partial charge is 0.478 e. The summed E-state index contributed by atoms with van der Waals surface area (Å²) < 4.78 is 0. The highest BCUT2D eigenvalue weighted by atomic mass is 16.4. The smallest absolute Gasteiger partial charge is 0.328 e. The van der Waals surface area contributed by atoms with Gasteiger partial charge in [0.25, 0.3) is 0 Å². The summed E-state index contributed by atoms with van der Waals surface area (Å²) in [7, 11) is 0. The van der Waals surface area contributed by atoms with Crippen molar-refractivity contribution >= 4 is 12.0 Å². The van der Waals surface area contributed by atoms with Gasteiger partial charge in [-0.05, 0) is 13.0 Å². The van der Waals surface area contributed by atoms with Crippen molar-refractivity contribution < 1.29 is 9.90 Å². The Balaban J connectivity index is 2.89. The number of hydrogen-bond donors (Lipinski definition) is 1. The zero-order valence-corrected chi connectivity index (χ0v) is 6.56. The van der Waals surface area contributed by atoms with Gasteiger partial charge >= 0.3 is 5.97 Å². The minimum absolute atomic E-state index is 0.722. The van der Waals surface area contributed by atoms with Gasteiger partial charge in [0.05, 0.1) is 0 Å². The quantitative estimate of drug-likeness (QED) is 0.659. The van der Waals surface area contributed by atoms with Crippen LogP contribution in [-0.4, -0.2) is 21.0 Å². The molecule has 0 aromatic carbocycles. The summed E-state index contributed by atoms with van der Waals surface area (Å²) in [6.45, 7) is 1.79. The van der Waals surface area contributed by atoms with Crippen molar-refractivity contribution in [3.8, 4) is 0 Å². The lowest BCUT2D eigenvalue weighted by Gasteiger charge is -1.94. The Morgan fingerprint density at radius 2 is 2.42 bits per heavy atom. The van der Waals surface area contributed by atoms with E-state index < -0.39 is 5.97 Å². The summed E-state index contributed by atoms with van der Waals surface area (Å²) in [5, 5.41) is 8.34. The van der Waals surface area contributed by atoms with E-state index >= 15 is 0 Å². The molecule has 1 heterocycles. The van der Waals surface area contributed by atoms with Crippen molar-refractivity contribution in [3.05, 3.63) is 29.9 Å². The van der Waals surface area contributed by atoms with E-state index in [2.05, 4.69) is 9.97 Å². The molecule has 4 nitrogen and oxygen atoms in total. The highest BCUT2D eigenvalue weighted by Crippen LogP contribution is 2.03. The third kappa shape index (κ3) is 2.16. The van der Waals surface area contributed by atoms with E-state index in [9.17, 15) is 4.79 Å². The third-order valence-corrected chi connectivity index (χ3v) is 1.35. The average Bonchev–Trinajstić information content (AvgIpc) is 2.03. The summed E-state index contributed by atoms with van der Waals surface area (Å²) in [5.41, 5.74) is 1.49. The molecular formula is C8H8N2O2. The number of carbonyl (C=O) groups is 1. The predicted octanol–water partition coefficient (Wildman–Crippen LogP) is 0.883. The van der Waals surface area contributed by atoms with Crippen LogP contribution in [0.3, 0.4) is 0 Å². The highest BCUT2D eigenvalue weighted by Gasteiger charge is 1.94. The Bertz CT molecular complexity index is 321. The van der Waals surface area contributed by atoms with E-state index in [0.29, 0.717) is 0 Å². The van der Waals surface area contributed by atoms with Gasteiger partial charge in [0.2, 0.25) is 0 Å².